The van der Waals surface area contributed by atoms with Gasteiger partial charge in [0, 0.05) is 14.2 Å². The van der Waals surface area contributed by atoms with Crippen molar-refractivity contribution in [3.8, 4) is 12.3 Å². The van der Waals surface area contributed by atoms with Crippen molar-refractivity contribution in [2.24, 2.45) is 0 Å². The van der Waals surface area contributed by atoms with Crippen molar-refractivity contribution in [3.05, 3.63) is 12.7 Å². The van der Waals surface area contributed by atoms with E-state index in [1.165, 1.54) is 28.1 Å². The minimum absolute atomic E-state index is 0.0829. The number of rotatable bonds is 8. The average molecular weight is 356 g/mol. The van der Waals surface area contributed by atoms with E-state index in [9.17, 15) is 9.59 Å². The number of hydrogen-bond acceptors (Lipinski definition) is 8. The van der Waals surface area contributed by atoms with Gasteiger partial charge in [-0.1, -0.05) is 12.0 Å². The Hall–Kier alpha value is -1.92. The largest absolute Gasteiger partial charge is 0.463 e. The van der Waals surface area contributed by atoms with Crippen LogP contribution in [0.1, 0.15) is 20.3 Å². The molecule has 25 heavy (non-hydrogen) atoms. The van der Waals surface area contributed by atoms with Gasteiger partial charge in [0.1, 0.15) is 0 Å². The van der Waals surface area contributed by atoms with Gasteiger partial charge in [-0.25, -0.2) is 9.59 Å². The Balaban J connectivity index is 3.09. The summed E-state index contributed by atoms with van der Waals surface area (Å²) in [7, 11) is 2.71. The normalized spacial score (nSPS) is 31.6. The molecular weight excluding hydrogens is 332 g/mol. The summed E-state index contributed by atoms with van der Waals surface area (Å²) in [6.07, 6.45) is 4.27. The van der Waals surface area contributed by atoms with Crippen molar-refractivity contribution >= 4 is 11.9 Å². The molecular formula is C17H24O8. The molecule has 1 aliphatic heterocycles. The number of carbonyl (C=O) groups excluding carboxylic acids is 2. The van der Waals surface area contributed by atoms with E-state index in [1.54, 1.807) is 6.08 Å². The van der Waals surface area contributed by atoms with Crippen LogP contribution >= 0.6 is 0 Å². The average Bonchev–Trinajstić information content (AvgIpc) is 2.61. The van der Waals surface area contributed by atoms with E-state index < -0.39 is 35.7 Å². The van der Waals surface area contributed by atoms with Crippen molar-refractivity contribution in [2.45, 2.75) is 44.1 Å². The Kier molecular flexibility index (Phi) is 7.58. The summed E-state index contributed by atoms with van der Waals surface area (Å²) < 4.78 is 32.0. The number of hydrogen-bond donors (Lipinski definition) is 0. The fourth-order valence-electron chi connectivity index (χ4n) is 2.15. The molecule has 0 radical (unpaired) electrons. The van der Waals surface area contributed by atoms with E-state index in [-0.39, 0.29) is 13.2 Å². The van der Waals surface area contributed by atoms with Crippen LogP contribution in [0.2, 0.25) is 0 Å². The highest BCUT2D eigenvalue weighted by molar-refractivity contribution is 5.86. The molecule has 1 fully saturated rings. The maximum Gasteiger partial charge on any atom is 0.339 e. The van der Waals surface area contributed by atoms with Gasteiger partial charge in [0.15, 0.2) is 18.8 Å². The Morgan fingerprint density at radius 3 is 2.00 bits per heavy atom. The van der Waals surface area contributed by atoms with Crippen molar-refractivity contribution in [1.29, 1.82) is 0 Å². The van der Waals surface area contributed by atoms with Crippen LogP contribution in [0, 0.1) is 12.3 Å². The van der Waals surface area contributed by atoms with Gasteiger partial charge in [0.05, 0.1) is 6.61 Å². The van der Waals surface area contributed by atoms with Gasteiger partial charge in [0.2, 0.25) is 11.6 Å². The molecule has 0 aromatic rings. The van der Waals surface area contributed by atoms with Crippen molar-refractivity contribution in [2.75, 3.05) is 27.4 Å². The van der Waals surface area contributed by atoms with Gasteiger partial charge in [-0.05, 0) is 20.3 Å². The molecule has 0 aromatic carbocycles. The zero-order valence-electron chi connectivity index (χ0n) is 14.9. The first-order chi connectivity index (χ1) is 11.8. The predicted octanol–water partition coefficient (Wildman–Crippen LogP) is 0.791. The molecule has 0 saturated carbocycles. The van der Waals surface area contributed by atoms with Crippen LogP contribution < -0.4 is 0 Å². The van der Waals surface area contributed by atoms with Crippen LogP contribution in [0.15, 0.2) is 12.7 Å². The van der Waals surface area contributed by atoms with Gasteiger partial charge in [-0.2, -0.15) is 0 Å². The molecule has 0 N–H and O–H groups in total. The number of carbonyl (C=O) groups is 2. The van der Waals surface area contributed by atoms with E-state index in [0.717, 1.165) is 0 Å². The van der Waals surface area contributed by atoms with Gasteiger partial charge < -0.3 is 28.4 Å². The summed E-state index contributed by atoms with van der Waals surface area (Å²) >= 11 is 0. The Morgan fingerprint density at radius 1 is 1.12 bits per heavy atom. The Bertz CT molecular complexity index is 539. The molecule has 8 heteroatoms. The maximum absolute atomic E-state index is 12.4. The molecule has 0 bridgehead atoms. The third kappa shape index (κ3) is 4.58. The second-order valence-electron chi connectivity index (χ2n) is 5.43. The quantitative estimate of drug-likeness (QED) is 0.273. The number of ether oxygens (including phenoxy) is 6. The standard InChI is InChI=1S/C17H24O8/c1-7-9-11-23-15(19)13-12(14(18)22-10-8-2)24-16(3,20-5)17(4,21-6)25-13/h2,7,12-13H,1,9-11H2,3-6H3. The van der Waals surface area contributed by atoms with Crippen molar-refractivity contribution < 1.29 is 38.0 Å². The molecule has 4 atom stereocenters. The first kappa shape index (κ1) is 21.1. The highest BCUT2D eigenvalue weighted by Crippen LogP contribution is 2.39. The number of esters is 2. The summed E-state index contributed by atoms with van der Waals surface area (Å²) in [6.45, 7) is 6.37. The molecule has 8 nitrogen and oxygen atoms in total. The topological polar surface area (TPSA) is 89.5 Å². The Labute approximate surface area is 147 Å². The van der Waals surface area contributed by atoms with E-state index in [0.29, 0.717) is 6.42 Å². The third-order valence-electron chi connectivity index (χ3n) is 3.91. The summed E-state index contributed by atoms with van der Waals surface area (Å²) in [6, 6.07) is 0. The molecule has 1 rings (SSSR count). The highest BCUT2D eigenvalue weighted by Gasteiger charge is 2.60. The zero-order valence-corrected chi connectivity index (χ0v) is 14.9. The van der Waals surface area contributed by atoms with Crippen LogP contribution in [0.4, 0.5) is 0 Å². The zero-order chi connectivity index (χ0) is 19.1. The van der Waals surface area contributed by atoms with E-state index in [2.05, 4.69) is 12.5 Å². The van der Waals surface area contributed by atoms with Crippen LogP contribution in [0.5, 0.6) is 0 Å². The third-order valence-corrected chi connectivity index (χ3v) is 3.91. The minimum Gasteiger partial charge on any atom is -0.463 e. The second kappa shape index (κ2) is 8.97. The molecule has 140 valence electrons. The summed E-state index contributed by atoms with van der Waals surface area (Å²) in [5.41, 5.74) is 0. The Morgan fingerprint density at radius 2 is 1.60 bits per heavy atom. The summed E-state index contributed by atoms with van der Waals surface area (Å²) in [5.74, 6) is -2.47. The monoisotopic (exact) mass is 356 g/mol. The molecule has 4 unspecified atom stereocenters. The van der Waals surface area contributed by atoms with Crippen LogP contribution in [0.25, 0.3) is 0 Å². The summed E-state index contributed by atoms with van der Waals surface area (Å²) in [5, 5.41) is 0. The van der Waals surface area contributed by atoms with Gasteiger partial charge in [0.25, 0.3) is 0 Å². The first-order valence-corrected chi connectivity index (χ1v) is 7.62. The number of methoxy groups -OCH3 is 2. The highest BCUT2D eigenvalue weighted by atomic mass is 16.8. The number of terminal acetylenes is 1. The lowest BCUT2D eigenvalue weighted by Gasteiger charge is -2.50. The smallest absolute Gasteiger partial charge is 0.339 e. The van der Waals surface area contributed by atoms with E-state index in [1.807, 2.05) is 0 Å². The molecule has 0 amide bonds. The van der Waals surface area contributed by atoms with Gasteiger partial charge in [-0.15, -0.1) is 13.0 Å². The lowest BCUT2D eigenvalue weighted by Crippen LogP contribution is -2.68. The molecule has 1 heterocycles. The molecule has 1 aliphatic rings. The van der Waals surface area contributed by atoms with Gasteiger partial charge >= 0.3 is 11.9 Å². The lowest BCUT2D eigenvalue weighted by molar-refractivity contribution is -0.439. The van der Waals surface area contributed by atoms with E-state index >= 15 is 0 Å². The fraction of sp³-hybridized carbons (Fsp3) is 0.647. The summed E-state index contributed by atoms with van der Waals surface area (Å²) in [4.78, 5) is 24.6. The molecule has 0 aliphatic carbocycles. The molecule has 0 spiro atoms. The van der Waals surface area contributed by atoms with Crippen LogP contribution in [-0.2, 0) is 38.0 Å². The minimum atomic E-state index is -1.49. The predicted molar refractivity (Wildman–Crippen MR) is 86.1 cm³/mol. The SMILES string of the molecule is C#CCOC(=O)C1OC(C)(OC)C(C)(OC)OC1C(=O)OCCC=C. The van der Waals surface area contributed by atoms with E-state index in [4.69, 9.17) is 34.8 Å². The van der Waals surface area contributed by atoms with Crippen molar-refractivity contribution in [1.82, 2.24) is 0 Å². The fourth-order valence-corrected chi connectivity index (χ4v) is 2.15. The maximum atomic E-state index is 12.4. The second-order valence-corrected chi connectivity index (χ2v) is 5.43. The molecule has 1 saturated heterocycles. The molecule has 0 aromatic heterocycles. The van der Waals surface area contributed by atoms with Crippen LogP contribution in [-0.4, -0.2) is 63.2 Å². The lowest BCUT2D eigenvalue weighted by atomic mass is 10.0. The van der Waals surface area contributed by atoms with Gasteiger partial charge in [-0.3, -0.25) is 0 Å². The van der Waals surface area contributed by atoms with Crippen molar-refractivity contribution in [3.63, 3.8) is 0 Å². The van der Waals surface area contributed by atoms with Crippen LogP contribution in [0.3, 0.4) is 0 Å². The first-order valence-electron chi connectivity index (χ1n) is 7.62.